The Hall–Kier alpha value is -2.16. The zero-order chi connectivity index (χ0) is 14.7. The summed E-state index contributed by atoms with van der Waals surface area (Å²) in [7, 11) is 0. The molecule has 0 aromatic heterocycles. The third-order valence-electron chi connectivity index (χ3n) is 3.27. The number of aryl methyl sites for hydroxylation is 1. The van der Waals surface area contributed by atoms with Gasteiger partial charge in [-0.05, 0) is 54.3 Å². The van der Waals surface area contributed by atoms with Crippen LogP contribution in [0.15, 0.2) is 42.5 Å². The van der Waals surface area contributed by atoms with Crippen molar-refractivity contribution in [2.24, 2.45) is 0 Å². The second kappa shape index (κ2) is 5.87. The summed E-state index contributed by atoms with van der Waals surface area (Å²) >= 11 is 0. The van der Waals surface area contributed by atoms with E-state index in [9.17, 15) is 9.18 Å². The Morgan fingerprint density at radius 2 is 1.75 bits per heavy atom. The number of anilines is 1. The van der Waals surface area contributed by atoms with Crippen LogP contribution in [-0.4, -0.2) is 5.91 Å². The first-order chi connectivity index (χ1) is 9.47. The monoisotopic (exact) mass is 271 g/mol. The molecule has 1 N–H and O–H groups in total. The van der Waals surface area contributed by atoms with E-state index in [-0.39, 0.29) is 11.7 Å². The van der Waals surface area contributed by atoms with Crippen LogP contribution in [-0.2, 0) is 0 Å². The van der Waals surface area contributed by atoms with Crippen molar-refractivity contribution in [1.82, 2.24) is 0 Å². The smallest absolute Gasteiger partial charge is 0.255 e. The van der Waals surface area contributed by atoms with Crippen molar-refractivity contribution in [3.63, 3.8) is 0 Å². The number of halogens is 1. The SMILES string of the molecule is Cc1cc(F)ccc1C(=O)Nc1ccc(C(C)C)cc1. The molecule has 1 amide bonds. The van der Waals surface area contributed by atoms with E-state index < -0.39 is 0 Å². The molecule has 0 radical (unpaired) electrons. The van der Waals surface area contributed by atoms with E-state index in [1.807, 2.05) is 24.3 Å². The summed E-state index contributed by atoms with van der Waals surface area (Å²) in [5.41, 5.74) is 3.07. The summed E-state index contributed by atoms with van der Waals surface area (Å²) in [5, 5.41) is 2.82. The van der Waals surface area contributed by atoms with Crippen molar-refractivity contribution >= 4 is 11.6 Å². The average Bonchev–Trinajstić information content (AvgIpc) is 2.39. The Balaban J connectivity index is 2.15. The molecule has 0 aliphatic rings. The fourth-order valence-electron chi connectivity index (χ4n) is 2.03. The summed E-state index contributed by atoms with van der Waals surface area (Å²) in [6.45, 7) is 5.96. The van der Waals surface area contributed by atoms with Gasteiger partial charge in [-0.2, -0.15) is 0 Å². The maximum absolute atomic E-state index is 13.0. The molecule has 0 unspecified atom stereocenters. The van der Waals surface area contributed by atoms with E-state index in [0.717, 1.165) is 5.69 Å². The van der Waals surface area contributed by atoms with Gasteiger partial charge in [-0.25, -0.2) is 4.39 Å². The first-order valence-corrected chi connectivity index (χ1v) is 6.65. The number of nitrogens with one attached hydrogen (secondary N) is 1. The van der Waals surface area contributed by atoms with Crippen molar-refractivity contribution in [2.45, 2.75) is 26.7 Å². The molecule has 0 aliphatic heterocycles. The molecule has 0 bridgehead atoms. The van der Waals surface area contributed by atoms with Crippen LogP contribution in [0.5, 0.6) is 0 Å². The van der Waals surface area contributed by atoms with E-state index in [0.29, 0.717) is 17.0 Å². The van der Waals surface area contributed by atoms with Gasteiger partial charge < -0.3 is 5.32 Å². The van der Waals surface area contributed by atoms with Crippen molar-refractivity contribution in [1.29, 1.82) is 0 Å². The summed E-state index contributed by atoms with van der Waals surface area (Å²) in [6.07, 6.45) is 0. The van der Waals surface area contributed by atoms with Crippen LogP contribution < -0.4 is 5.32 Å². The van der Waals surface area contributed by atoms with Gasteiger partial charge in [0.05, 0.1) is 0 Å². The summed E-state index contributed by atoms with van der Waals surface area (Å²) in [4.78, 5) is 12.1. The van der Waals surface area contributed by atoms with Crippen molar-refractivity contribution in [3.05, 3.63) is 65.0 Å². The highest BCUT2D eigenvalue weighted by molar-refractivity contribution is 6.05. The number of carbonyl (C=O) groups excluding carboxylic acids is 1. The first-order valence-electron chi connectivity index (χ1n) is 6.65. The summed E-state index contributed by atoms with van der Waals surface area (Å²) < 4.78 is 13.0. The third kappa shape index (κ3) is 3.23. The average molecular weight is 271 g/mol. The largest absolute Gasteiger partial charge is 0.322 e. The van der Waals surface area contributed by atoms with Crippen LogP contribution in [0.2, 0.25) is 0 Å². The molecule has 0 saturated carbocycles. The van der Waals surface area contributed by atoms with Crippen LogP contribution in [0.4, 0.5) is 10.1 Å². The second-order valence-corrected chi connectivity index (χ2v) is 5.19. The summed E-state index contributed by atoms with van der Waals surface area (Å²) in [6, 6.07) is 11.9. The Bertz CT molecular complexity index is 617. The summed E-state index contributed by atoms with van der Waals surface area (Å²) in [5.74, 6) is -0.0979. The van der Waals surface area contributed by atoms with Gasteiger partial charge in [0, 0.05) is 11.3 Å². The minimum absolute atomic E-state index is 0.222. The van der Waals surface area contributed by atoms with E-state index in [2.05, 4.69) is 19.2 Å². The molecule has 2 nitrogen and oxygen atoms in total. The molecule has 0 heterocycles. The van der Waals surface area contributed by atoms with Crippen LogP contribution in [0.25, 0.3) is 0 Å². The lowest BCUT2D eigenvalue weighted by Gasteiger charge is -2.10. The van der Waals surface area contributed by atoms with Gasteiger partial charge in [-0.15, -0.1) is 0 Å². The van der Waals surface area contributed by atoms with Crippen LogP contribution in [0.3, 0.4) is 0 Å². The molecule has 2 aromatic rings. The molecule has 20 heavy (non-hydrogen) atoms. The Morgan fingerprint density at radius 3 is 2.30 bits per heavy atom. The number of hydrogen-bond acceptors (Lipinski definition) is 1. The number of carbonyl (C=O) groups is 1. The Labute approximate surface area is 118 Å². The van der Waals surface area contributed by atoms with Gasteiger partial charge in [0.15, 0.2) is 0 Å². The molecular weight excluding hydrogens is 253 g/mol. The lowest BCUT2D eigenvalue weighted by atomic mass is 10.0. The first kappa shape index (κ1) is 14.3. The van der Waals surface area contributed by atoms with Crippen LogP contribution >= 0.6 is 0 Å². The topological polar surface area (TPSA) is 29.1 Å². The predicted molar refractivity (Wildman–Crippen MR) is 79.6 cm³/mol. The normalized spacial score (nSPS) is 10.7. The molecule has 3 heteroatoms. The Morgan fingerprint density at radius 1 is 1.10 bits per heavy atom. The highest BCUT2D eigenvalue weighted by atomic mass is 19.1. The number of benzene rings is 2. The zero-order valence-electron chi connectivity index (χ0n) is 11.9. The standard InChI is InChI=1S/C17H18FNO/c1-11(2)13-4-7-15(8-5-13)19-17(20)16-9-6-14(18)10-12(16)3/h4-11H,1-3H3,(H,19,20). The van der Waals surface area contributed by atoms with Crippen molar-refractivity contribution in [3.8, 4) is 0 Å². The lowest BCUT2D eigenvalue weighted by Crippen LogP contribution is -2.13. The molecule has 0 spiro atoms. The van der Waals surface area contributed by atoms with E-state index in [1.165, 1.54) is 23.8 Å². The van der Waals surface area contributed by atoms with Crippen LogP contribution in [0, 0.1) is 12.7 Å². The van der Waals surface area contributed by atoms with Gasteiger partial charge in [-0.3, -0.25) is 4.79 Å². The molecule has 2 rings (SSSR count). The number of amides is 1. The predicted octanol–water partition coefficient (Wildman–Crippen LogP) is 4.51. The lowest BCUT2D eigenvalue weighted by molar-refractivity contribution is 0.102. The second-order valence-electron chi connectivity index (χ2n) is 5.19. The third-order valence-corrected chi connectivity index (χ3v) is 3.27. The van der Waals surface area contributed by atoms with Gasteiger partial charge in [0.1, 0.15) is 5.82 Å². The van der Waals surface area contributed by atoms with Crippen molar-refractivity contribution in [2.75, 3.05) is 5.32 Å². The van der Waals surface area contributed by atoms with Gasteiger partial charge in [0.25, 0.3) is 5.91 Å². The molecule has 104 valence electrons. The van der Waals surface area contributed by atoms with Crippen LogP contribution in [0.1, 0.15) is 41.3 Å². The molecular formula is C17H18FNO. The highest BCUT2D eigenvalue weighted by Crippen LogP contribution is 2.18. The minimum atomic E-state index is -0.333. The van der Waals surface area contributed by atoms with E-state index in [4.69, 9.17) is 0 Å². The van der Waals surface area contributed by atoms with Gasteiger partial charge in [0.2, 0.25) is 0 Å². The number of rotatable bonds is 3. The molecule has 0 atom stereocenters. The fraction of sp³-hybridized carbons (Fsp3) is 0.235. The quantitative estimate of drug-likeness (QED) is 0.874. The molecule has 0 fully saturated rings. The number of hydrogen-bond donors (Lipinski definition) is 1. The van der Waals surface area contributed by atoms with Gasteiger partial charge >= 0.3 is 0 Å². The maximum atomic E-state index is 13.0. The molecule has 2 aromatic carbocycles. The fourth-order valence-corrected chi connectivity index (χ4v) is 2.03. The maximum Gasteiger partial charge on any atom is 0.255 e. The zero-order valence-corrected chi connectivity index (χ0v) is 11.9. The molecule has 0 saturated heterocycles. The highest BCUT2D eigenvalue weighted by Gasteiger charge is 2.10. The molecule has 0 aliphatic carbocycles. The Kier molecular flexibility index (Phi) is 4.18. The van der Waals surface area contributed by atoms with Crippen molar-refractivity contribution < 1.29 is 9.18 Å². The van der Waals surface area contributed by atoms with E-state index in [1.54, 1.807) is 6.92 Å². The minimum Gasteiger partial charge on any atom is -0.322 e. The van der Waals surface area contributed by atoms with E-state index >= 15 is 0 Å². The van der Waals surface area contributed by atoms with Gasteiger partial charge in [-0.1, -0.05) is 26.0 Å².